The third kappa shape index (κ3) is 4.13. The van der Waals surface area contributed by atoms with Gasteiger partial charge in [-0.25, -0.2) is 4.18 Å². The highest BCUT2D eigenvalue weighted by Gasteiger charge is 2.33. The van der Waals surface area contributed by atoms with Crippen LogP contribution >= 0.6 is 0 Å². The first kappa shape index (κ1) is 12.8. The van der Waals surface area contributed by atoms with Crippen LogP contribution in [-0.4, -0.2) is 42.1 Å². The summed E-state index contributed by atoms with van der Waals surface area (Å²) in [6.07, 6.45) is -2.15. The average molecular weight is 228 g/mol. The smallest absolute Gasteiger partial charge is 0.398 e. The molecule has 82 valence electrons. The number of nitrogens with two attached hydrogens (primary N) is 2. The van der Waals surface area contributed by atoms with Gasteiger partial charge in [-0.15, -0.1) is 0 Å². The van der Waals surface area contributed by atoms with Crippen LogP contribution in [0.25, 0.3) is 0 Å². The van der Waals surface area contributed by atoms with Crippen LogP contribution in [0.15, 0.2) is 0 Å². The van der Waals surface area contributed by atoms with Gasteiger partial charge in [0.25, 0.3) is 0 Å². The van der Waals surface area contributed by atoms with E-state index in [4.69, 9.17) is 15.4 Å². The van der Waals surface area contributed by atoms with Crippen molar-refractivity contribution >= 4 is 22.3 Å². The molecule has 1 amide bonds. The van der Waals surface area contributed by atoms with Crippen LogP contribution < -0.4 is 11.5 Å². The number of amides is 1. The summed E-state index contributed by atoms with van der Waals surface area (Å²) in [6, 6.07) is -1.98. The van der Waals surface area contributed by atoms with E-state index in [1.165, 1.54) is 0 Å². The fourth-order valence-electron chi connectivity index (χ4n) is 0.545. The number of carboxylic acid groups (broad SMARTS) is 1. The molecule has 0 spiro atoms. The molecule has 6 N–H and O–H groups in total. The number of primary amides is 1. The summed E-state index contributed by atoms with van der Waals surface area (Å²) in [5.41, 5.74) is 9.47. The standard InChI is InChI=1S/C4H8N2O7S/c5-1(4(8)9)2(3(6)7)13-14(10,11)12/h1-2H,5H2,(H2,6,7)(H,8,9)(H,10,11,12)/t1-,2+/m0/s1. The van der Waals surface area contributed by atoms with E-state index in [-0.39, 0.29) is 0 Å². The molecule has 0 saturated heterocycles. The summed E-state index contributed by atoms with van der Waals surface area (Å²) in [6.45, 7) is 0. The number of hydrogen-bond donors (Lipinski definition) is 4. The van der Waals surface area contributed by atoms with Crippen molar-refractivity contribution in [3.05, 3.63) is 0 Å². The van der Waals surface area contributed by atoms with Gasteiger partial charge in [0.2, 0.25) is 5.91 Å². The normalized spacial score (nSPS) is 15.9. The molecule has 0 aromatic heterocycles. The van der Waals surface area contributed by atoms with Crippen molar-refractivity contribution in [1.82, 2.24) is 0 Å². The fourth-order valence-corrected chi connectivity index (χ4v) is 1.02. The Hall–Kier alpha value is -1.23. The van der Waals surface area contributed by atoms with E-state index in [9.17, 15) is 18.0 Å². The van der Waals surface area contributed by atoms with Gasteiger partial charge in [-0.05, 0) is 0 Å². The van der Waals surface area contributed by atoms with Gasteiger partial charge in [0.05, 0.1) is 0 Å². The number of carboxylic acids is 1. The third-order valence-electron chi connectivity index (χ3n) is 1.12. The minimum Gasteiger partial charge on any atom is -0.480 e. The van der Waals surface area contributed by atoms with Gasteiger partial charge in [-0.2, -0.15) is 8.42 Å². The van der Waals surface area contributed by atoms with Gasteiger partial charge in [-0.1, -0.05) is 0 Å². The SMILES string of the molecule is NC(=O)[C@H](OS(=O)(=O)O)[C@H](N)C(=O)O. The van der Waals surface area contributed by atoms with Gasteiger partial charge in [0, 0.05) is 0 Å². The molecule has 0 aliphatic heterocycles. The molecule has 0 aliphatic carbocycles. The van der Waals surface area contributed by atoms with Gasteiger partial charge < -0.3 is 16.6 Å². The average Bonchev–Trinajstić information content (AvgIpc) is 1.96. The largest absolute Gasteiger partial charge is 0.480 e. The summed E-state index contributed by atoms with van der Waals surface area (Å²) >= 11 is 0. The molecule has 0 aromatic carbocycles. The van der Waals surface area contributed by atoms with E-state index in [0.717, 1.165) is 0 Å². The van der Waals surface area contributed by atoms with Crippen LogP contribution in [0.2, 0.25) is 0 Å². The lowest BCUT2D eigenvalue weighted by Crippen LogP contribution is -2.51. The van der Waals surface area contributed by atoms with Gasteiger partial charge in [0.15, 0.2) is 6.10 Å². The first-order valence-electron chi connectivity index (χ1n) is 3.08. The molecule has 0 fully saturated rings. The van der Waals surface area contributed by atoms with Crippen molar-refractivity contribution in [1.29, 1.82) is 0 Å². The zero-order chi connectivity index (χ0) is 11.5. The Labute approximate surface area is 78.6 Å². The number of carbonyl (C=O) groups excluding carboxylic acids is 1. The molecule has 2 atom stereocenters. The van der Waals surface area contributed by atoms with Gasteiger partial charge in [-0.3, -0.25) is 14.1 Å². The molecule has 0 radical (unpaired) electrons. The number of aliphatic carboxylic acids is 1. The fraction of sp³-hybridized carbons (Fsp3) is 0.500. The van der Waals surface area contributed by atoms with Crippen LogP contribution in [0.5, 0.6) is 0 Å². The second-order valence-corrected chi connectivity index (χ2v) is 3.26. The molecule has 0 bridgehead atoms. The Morgan fingerprint density at radius 1 is 1.36 bits per heavy atom. The summed E-state index contributed by atoms with van der Waals surface area (Å²) in [7, 11) is -4.99. The lowest BCUT2D eigenvalue weighted by molar-refractivity contribution is -0.144. The lowest BCUT2D eigenvalue weighted by Gasteiger charge is -2.15. The number of hydrogen-bond acceptors (Lipinski definition) is 6. The Bertz CT molecular complexity index is 336. The van der Waals surface area contributed by atoms with E-state index < -0.39 is 34.4 Å². The predicted octanol–water partition coefficient (Wildman–Crippen LogP) is -2.93. The summed E-state index contributed by atoms with van der Waals surface area (Å²) in [5, 5.41) is 8.31. The van der Waals surface area contributed by atoms with E-state index in [0.29, 0.717) is 0 Å². The maximum absolute atomic E-state index is 10.5. The zero-order valence-corrected chi connectivity index (χ0v) is 7.47. The Morgan fingerprint density at radius 2 is 1.79 bits per heavy atom. The predicted molar refractivity (Wildman–Crippen MR) is 41.2 cm³/mol. The first-order valence-corrected chi connectivity index (χ1v) is 4.45. The molecule has 10 heteroatoms. The van der Waals surface area contributed by atoms with Crippen LogP contribution in [0, 0.1) is 0 Å². The van der Waals surface area contributed by atoms with E-state index in [1.54, 1.807) is 0 Å². The van der Waals surface area contributed by atoms with Crippen LogP contribution in [0.3, 0.4) is 0 Å². The molecular weight excluding hydrogens is 220 g/mol. The highest BCUT2D eigenvalue weighted by molar-refractivity contribution is 7.80. The Balaban J connectivity index is 4.79. The van der Waals surface area contributed by atoms with Crippen molar-refractivity contribution in [3.8, 4) is 0 Å². The van der Waals surface area contributed by atoms with Crippen molar-refractivity contribution in [2.75, 3.05) is 0 Å². The van der Waals surface area contributed by atoms with Crippen LogP contribution in [0.1, 0.15) is 0 Å². The van der Waals surface area contributed by atoms with Crippen LogP contribution in [0.4, 0.5) is 0 Å². The lowest BCUT2D eigenvalue weighted by atomic mass is 10.2. The second kappa shape index (κ2) is 4.32. The van der Waals surface area contributed by atoms with E-state index in [2.05, 4.69) is 9.92 Å². The number of rotatable bonds is 5. The molecule has 0 heterocycles. The Kier molecular flexibility index (Phi) is 3.94. The maximum atomic E-state index is 10.5. The minimum atomic E-state index is -4.99. The third-order valence-corrected chi connectivity index (χ3v) is 1.57. The van der Waals surface area contributed by atoms with Crippen molar-refractivity contribution < 1.29 is 31.8 Å². The van der Waals surface area contributed by atoms with Crippen LogP contribution in [-0.2, 0) is 24.2 Å². The zero-order valence-electron chi connectivity index (χ0n) is 6.65. The maximum Gasteiger partial charge on any atom is 0.398 e. The highest BCUT2D eigenvalue weighted by atomic mass is 32.3. The quantitative estimate of drug-likeness (QED) is 0.362. The van der Waals surface area contributed by atoms with Crippen molar-refractivity contribution in [2.45, 2.75) is 12.1 Å². The molecule has 0 saturated carbocycles. The topological polar surface area (TPSA) is 170 Å². The molecule has 0 rings (SSSR count). The monoisotopic (exact) mass is 228 g/mol. The highest BCUT2D eigenvalue weighted by Crippen LogP contribution is 2.01. The molecular formula is C4H8N2O7S. The molecule has 14 heavy (non-hydrogen) atoms. The minimum absolute atomic E-state index is 1.42. The summed E-state index contributed by atoms with van der Waals surface area (Å²) in [5.74, 6) is -3.12. The Morgan fingerprint density at radius 3 is 2.00 bits per heavy atom. The second-order valence-electron chi connectivity index (χ2n) is 2.21. The molecule has 0 aliphatic rings. The first-order chi connectivity index (χ1) is 6.15. The molecule has 0 aromatic rings. The number of carbonyl (C=O) groups is 2. The molecule has 0 unspecified atom stereocenters. The van der Waals surface area contributed by atoms with Crippen molar-refractivity contribution in [2.24, 2.45) is 11.5 Å². The van der Waals surface area contributed by atoms with E-state index >= 15 is 0 Å². The summed E-state index contributed by atoms with van der Waals surface area (Å²) < 4.78 is 32.1. The van der Waals surface area contributed by atoms with Gasteiger partial charge >= 0.3 is 16.4 Å². The van der Waals surface area contributed by atoms with Gasteiger partial charge in [0.1, 0.15) is 6.04 Å². The molecule has 9 nitrogen and oxygen atoms in total. The van der Waals surface area contributed by atoms with E-state index in [1.807, 2.05) is 0 Å². The van der Waals surface area contributed by atoms with Crippen molar-refractivity contribution in [3.63, 3.8) is 0 Å². The summed E-state index contributed by atoms with van der Waals surface area (Å²) in [4.78, 5) is 20.7.